The van der Waals surface area contributed by atoms with Gasteiger partial charge in [-0.15, -0.1) is 0 Å². The molecule has 6 heteroatoms. The van der Waals surface area contributed by atoms with Crippen LogP contribution < -0.4 is 5.32 Å². The summed E-state index contributed by atoms with van der Waals surface area (Å²) in [5.74, 6) is 0.0479. The van der Waals surface area contributed by atoms with Crippen LogP contribution in [-0.4, -0.2) is 71.9 Å². The van der Waals surface area contributed by atoms with Crippen LogP contribution in [0, 0.1) is 0 Å². The van der Waals surface area contributed by atoms with Crippen LogP contribution in [0.3, 0.4) is 0 Å². The van der Waals surface area contributed by atoms with Gasteiger partial charge in [-0.2, -0.15) is 0 Å². The molecule has 6 nitrogen and oxygen atoms in total. The summed E-state index contributed by atoms with van der Waals surface area (Å²) in [6, 6.07) is 10.7. The molecule has 0 saturated carbocycles. The van der Waals surface area contributed by atoms with Gasteiger partial charge in [0.15, 0.2) is 0 Å². The molecule has 1 aromatic carbocycles. The summed E-state index contributed by atoms with van der Waals surface area (Å²) in [5.41, 5.74) is 1.31. The van der Waals surface area contributed by atoms with E-state index in [9.17, 15) is 9.59 Å². The Balaban J connectivity index is 1.49. The summed E-state index contributed by atoms with van der Waals surface area (Å²) >= 11 is 0. The minimum Gasteiger partial charge on any atom is -0.341 e. The normalized spacial score (nSPS) is 21.7. The van der Waals surface area contributed by atoms with Crippen molar-refractivity contribution in [2.75, 3.05) is 39.3 Å². The van der Waals surface area contributed by atoms with E-state index in [4.69, 9.17) is 0 Å². The monoisotopic (exact) mass is 358 g/mol. The largest absolute Gasteiger partial charge is 0.341 e. The first-order valence-electron chi connectivity index (χ1n) is 9.76. The lowest BCUT2D eigenvalue weighted by atomic mass is 10.2. The fourth-order valence-electron chi connectivity index (χ4n) is 3.90. The van der Waals surface area contributed by atoms with Crippen LogP contribution in [0.1, 0.15) is 31.7 Å². The maximum absolute atomic E-state index is 12.5. The number of amides is 3. The van der Waals surface area contributed by atoms with Crippen LogP contribution >= 0.6 is 0 Å². The van der Waals surface area contributed by atoms with Gasteiger partial charge in [-0.1, -0.05) is 30.3 Å². The van der Waals surface area contributed by atoms with Crippen LogP contribution in [-0.2, 0) is 11.3 Å². The van der Waals surface area contributed by atoms with Crippen LogP contribution in [0.4, 0.5) is 4.79 Å². The van der Waals surface area contributed by atoms with Crippen molar-refractivity contribution in [2.45, 2.75) is 38.8 Å². The minimum absolute atomic E-state index is 0.0479. The van der Waals surface area contributed by atoms with E-state index in [2.05, 4.69) is 34.5 Å². The van der Waals surface area contributed by atoms with Gasteiger partial charge in [0.05, 0.1) is 0 Å². The fourth-order valence-corrected chi connectivity index (χ4v) is 3.90. The summed E-state index contributed by atoms with van der Waals surface area (Å²) in [4.78, 5) is 30.6. The first-order chi connectivity index (χ1) is 12.7. The lowest BCUT2D eigenvalue weighted by Crippen LogP contribution is -2.47. The molecule has 3 amide bonds. The number of hydrogen-bond acceptors (Lipinski definition) is 3. The maximum atomic E-state index is 12.5. The van der Waals surface area contributed by atoms with E-state index in [0.717, 1.165) is 32.5 Å². The molecule has 2 aliphatic heterocycles. The van der Waals surface area contributed by atoms with Crippen LogP contribution in [0.5, 0.6) is 0 Å². The summed E-state index contributed by atoms with van der Waals surface area (Å²) in [7, 11) is 0. The average Bonchev–Trinajstić information content (AvgIpc) is 3.00. The second-order valence-corrected chi connectivity index (χ2v) is 7.19. The number of likely N-dealkylation sites (tertiary alicyclic amines) is 1. The Morgan fingerprint density at radius 1 is 1.15 bits per heavy atom. The van der Waals surface area contributed by atoms with Crippen molar-refractivity contribution in [3.8, 4) is 0 Å². The second-order valence-electron chi connectivity index (χ2n) is 7.19. The minimum atomic E-state index is -0.108. The average molecular weight is 358 g/mol. The predicted octanol–water partition coefficient (Wildman–Crippen LogP) is 1.91. The number of benzene rings is 1. The molecule has 2 saturated heterocycles. The highest BCUT2D eigenvalue weighted by atomic mass is 16.2. The Morgan fingerprint density at radius 2 is 1.96 bits per heavy atom. The van der Waals surface area contributed by atoms with Gasteiger partial charge in [-0.05, 0) is 38.3 Å². The standard InChI is InChI=1S/C20H30N4O2/c1-2-22-12-7-13-24(16-19(22)25)20(26)21-14-18-10-6-11-23(18)15-17-8-4-3-5-9-17/h3-5,8-9,18H,2,6-7,10-16H2,1H3,(H,21,26)/t18-/m1/s1. The first-order valence-corrected chi connectivity index (χ1v) is 9.76. The number of urea groups is 1. The van der Waals surface area contributed by atoms with Gasteiger partial charge in [0, 0.05) is 38.8 Å². The van der Waals surface area contributed by atoms with Crippen molar-refractivity contribution < 1.29 is 9.59 Å². The molecule has 0 radical (unpaired) electrons. The Morgan fingerprint density at radius 3 is 2.73 bits per heavy atom. The molecule has 1 atom stereocenters. The molecule has 0 bridgehead atoms. The van der Waals surface area contributed by atoms with Crippen molar-refractivity contribution in [1.29, 1.82) is 0 Å². The maximum Gasteiger partial charge on any atom is 0.317 e. The number of nitrogens with one attached hydrogen (secondary N) is 1. The Bertz CT molecular complexity index is 607. The third-order valence-electron chi connectivity index (χ3n) is 5.42. The van der Waals surface area contributed by atoms with Crippen LogP contribution in [0.2, 0.25) is 0 Å². The van der Waals surface area contributed by atoms with Crippen molar-refractivity contribution in [3.63, 3.8) is 0 Å². The smallest absolute Gasteiger partial charge is 0.317 e. The number of carbonyl (C=O) groups is 2. The van der Waals surface area contributed by atoms with Gasteiger partial charge in [-0.25, -0.2) is 4.79 Å². The van der Waals surface area contributed by atoms with E-state index in [1.807, 2.05) is 17.9 Å². The van der Waals surface area contributed by atoms with Crippen LogP contribution in [0.25, 0.3) is 0 Å². The number of hydrogen-bond donors (Lipinski definition) is 1. The van der Waals surface area contributed by atoms with E-state index >= 15 is 0 Å². The van der Waals surface area contributed by atoms with Crippen molar-refractivity contribution in [3.05, 3.63) is 35.9 Å². The Kier molecular flexibility index (Phi) is 6.50. The molecule has 0 aromatic heterocycles. The molecule has 2 fully saturated rings. The topological polar surface area (TPSA) is 55.9 Å². The molecule has 1 N–H and O–H groups in total. The summed E-state index contributed by atoms with van der Waals surface area (Å²) < 4.78 is 0. The van der Waals surface area contributed by atoms with Crippen molar-refractivity contribution >= 4 is 11.9 Å². The van der Waals surface area contributed by atoms with E-state index in [1.54, 1.807) is 4.90 Å². The van der Waals surface area contributed by atoms with Gasteiger partial charge in [0.2, 0.25) is 5.91 Å². The molecule has 0 spiro atoms. The fraction of sp³-hybridized carbons (Fsp3) is 0.600. The Labute approximate surface area is 156 Å². The zero-order chi connectivity index (χ0) is 18.4. The molecule has 1 aromatic rings. The summed E-state index contributed by atoms with van der Waals surface area (Å²) in [5, 5.41) is 3.07. The van der Waals surface area contributed by atoms with Gasteiger partial charge in [0.1, 0.15) is 6.54 Å². The highest BCUT2D eigenvalue weighted by Gasteiger charge is 2.27. The third-order valence-corrected chi connectivity index (χ3v) is 5.42. The van der Waals surface area contributed by atoms with Gasteiger partial charge in [0.25, 0.3) is 0 Å². The van der Waals surface area contributed by atoms with Gasteiger partial charge >= 0.3 is 6.03 Å². The number of carbonyl (C=O) groups excluding carboxylic acids is 2. The van der Waals surface area contributed by atoms with E-state index in [-0.39, 0.29) is 18.5 Å². The molecule has 0 unspecified atom stereocenters. The quantitative estimate of drug-likeness (QED) is 0.875. The molecule has 2 aliphatic rings. The SMILES string of the molecule is CCN1CCCN(C(=O)NC[C@H]2CCCN2Cc2ccccc2)CC1=O. The van der Waals surface area contributed by atoms with Gasteiger partial charge in [-0.3, -0.25) is 9.69 Å². The first kappa shape index (κ1) is 18.7. The third kappa shape index (κ3) is 4.75. The molecule has 26 heavy (non-hydrogen) atoms. The molecular formula is C20H30N4O2. The highest BCUT2D eigenvalue weighted by Crippen LogP contribution is 2.19. The predicted molar refractivity (Wildman–Crippen MR) is 102 cm³/mol. The summed E-state index contributed by atoms with van der Waals surface area (Å²) in [6.07, 6.45) is 3.12. The lowest BCUT2D eigenvalue weighted by Gasteiger charge is -2.26. The van der Waals surface area contributed by atoms with E-state index in [1.165, 1.54) is 12.0 Å². The zero-order valence-electron chi connectivity index (χ0n) is 15.7. The Hall–Kier alpha value is -2.08. The van der Waals surface area contributed by atoms with Crippen molar-refractivity contribution in [2.24, 2.45) is 0 Å². The van der Waals surface area contributed by atoms with Crippen LogP contribution in [0.15, 0.2) is 30.3 Å². The summed E-state index contributed by atoms with van der Waals surface area (Å²) in [6.45, 7) is 6.92. The van der Waals surface area contributed by atoms with Crippen molar-refractivity contribution in [1.82, 2.24) is 20.0 Å². The second kappa shape index (κ2) is 9.03. The molecule has 2 heterocycles. The molecular weight excluding hydrogens is 328 g/mol. The highest BCUT2D eigenvalue weighted by molar-refractivity contribution is 5.84. The molecule has 142 valence electrons. The molecule has 3 rings (SSSR count). The van der Waals surface area contributed by atoms with E-state index in [0.29, 0.717) is 25.7 Å². The van der Waals surface area contributed by atoms with Gasteiger partial charge < -0.3 is 15.1 Å². The lowest BCUT2D eigenvalue weighted by molar-refractivity contribution is -0.130. The molecule has 0 aliphatic carbocycles. The number of likely N-dealkylation sites (N-methyl/N-ethyl adjacent to an activating group) is 1. The zero-order valence-corrected chi connectivity index (χ0v) is 15.7. The van der Waals surface area contributed by atoms with E-state index < -0.39 is 0 Å². The number of nitrogens with zero attached hydrogens (tertiary/aromatic N) is 3. The number of rotatable bonds is 5.